The van der Waals surface area contributed by atoms with E-state index >= 15 is 0 Å². The molecule has 4 aromatic carbocycles. The van der Waals surface area contributed by atoms with Gasteiger partial charge in [0, 0.05) is 0 Å². The van der Waals surface area contributed by atoms with E-state index in [1.807, 2.05) is 48.5 Å². The summed E-state index contributed by atoms with van der Waals surface area (Å²) >= 11 is 0. The van der Waals surface area contributed by atoms with Crippen LogP contribution < -0.4 is 0 Å². The van der Waals surface area contributed by atoms with E-state index in [0.29, 0.717) is 11.5 Å². The van der Waals surface area contributed by atoms with Gasteiger partial charge in [-0.1, -0.05) is 99.6 Å². The predicted molar refractivity (Wildman–Crippen MR) is 141 cm³/mol. The second-order valence-corrected chi connectivity index (χ2v) is 8.33. The van der Waals surface area contributed by atoms with E-state index in [0.717, 1.165) is 35.1 Å². The molecule has 0 aliphatic carbocycles. The first-order valence-corrected chi connectivity index (χ1v) is 11.8. The summed E-state index contributed by atoms with van der Waals surface area (Å²) in [6.45, 7) is 6.59. The molecular formula is C32H30N2. The summed E-state index contributed by atoms with van der Waals surface area (Å²) in [5.41, 5.74) is 8.60. The van der Waals surface area contributed by atoms with Crippen molar-refractivity contribution in [3.05, 3.63) is 119 Å². The molecule has 0 saturated heterocycles. The fraction of sp³-hybridized carbons (Fsp3) is 0.188. The molecule has 168 valence electrons. The minimum Gasteiger partial charge on any atom is -0.192 e. The van der Waals surface area contributed by atoms with Crippen molar-refractivity contribution < 1.29 is 0 Å². The zero-order chi connectivity index (χ0) is 24.3. The first kappa shape index (κ1) is 24.5. The molecule has 0 bridgehead atoms. The number of nitriles is 2. The van der Waals surface area contributed by atoms with Gasteiger partial charge in [0.05, 0.1) is 23.3 Å². The topological polar surface area (TPSA) is 47.6 Å². The van der Waals surface area contributed by atoms with Crippen LogP contribution in [-0.4, -0.2) is 0 Å². The lowest BCUT2D eigenvalue weighted by Crippen LogP contribution is -1.90. The van der Waals surface area contributed by atoms with Gasteiger partial charge in [0.25, 0.3) is 0 Å². The Morgan fingerprint density at radius 3 is 1.74 bits per heavy atom. The molecule has 0 radical (unpaired) electrons. The summed E-state index contributed by atoms with van der Waals surface area (Å²) in [6, 6.07) is 36.9. The maximum absolute atomic E-state index is 9.03. The van der Waals surface area contributed by atoms with E-state index in [2.05, 4.69) is 81.4 Å². The van der Waals surface area contributed by atoms with Gasteiger partial charge in [-0.2, -0.15) is 10.5 Å². The third-order valence-electron chi connectivity index (χ3n) is 6.16. The minimum absolute atomic E-state index is 0.611. The van der Waals surface area contributed by atoms with Crippen molar-refractivity contribution in [1.82, 2.24) is 0 Å². The second-order valence-electron chi connectivity index (χ2n) is 8.33. The Morgan fingerprint density at radius 2 is 1.21 bits per heavy atom. The summed E-state index contributed by atoms with van der Waals surface area (Å²) in [4.78, 5) is 0. The van der Waals surface area contributed by atoms with Crippen LogP contribution in [0.4, 0.5) is 0 Å². The van der Waals surface area contributed by atoms with E-state index in [1.165, 1.54) is 16.7 Å². The quantitative estimate of drug-likeness (QED) is 0.311. The van der Waals surface area contributed by atoms with Crippen molar-refractivity contribution in [2.24, 2.45) is 0 Å². The molecular weight excluding hydrogens is 412 g/mol. The number of benzene rings is 4. The fourth-order valence-electron chi connectivity index (χ4n) is 3.73. The highest BCUT2D eigenvalue weighted by molar-refractivity contribution is 5.70. The van der Waals surface area contributed by atoms with Gasteiger partial charge in [0.15, 0.2) is 0 Å². The van der Waals surface area contributed by atoms with E-state index in [9.17, 15) is 0 Å². The number of rotatable bonds is 5. The van der Waals surface area contributed by atoms with Crippen molar-refractivity contribution in [1.29, 1.82) is 10.5 Å². The summed E-state index contributed by atoms with van der Waals surface area (Å²) in [5.74, 6) is 0.611. The maximum atomic E-state index is 9.03. The third-order valence-corrected chi connectivity index (χ3v) is 6.16. The molecule has 1 atom stereocenters. The molecule has 0 aliphatic rings. The Balaban J connectivity index is 0.000000192. The van der Waals surface area contributed by atoms with Crippen molar-refractivity contribution in [3.8, 4) is 34.4 Å². The largest absolute Gasteiger partial charge is 0.192 e. The minimum atomic E-state index is 0.611. The summed E-state index contributed by atoms with van der Waals surface area (Å²) < 4.78 is 0. The molecule has 0 aliphatic heterocycles. The first-order chi connectivity index (χ1) is 16.6. The number of nitrogens with zero attached hydrogens (tertiary/aromatic N) is 2. The lowest BCUT2D eigenvalue weighted by atomic mass is 9.96. The molecule has 4 rings (SSSR count). The molecule has 4 aromatic rings. The summed E-state index contributed by atoms with van der Waals surface area (Å²) in [5, 5.41) is 17.8. The molecule has 34 heavy (non-hydrogen) atoms. The van der Waals surface area contributed by atoms with Crippen LogP contribution in [0.2, 0.25) is 0 Å². The highest BCUT2D eigenvalue weighted by atomic mass is 14.2. The average molecular weight is 443 g/mol. The van der Waals surface area contributed by atoms with Gasteiger partial charge in [-0.3, -0.25) is 0 Å². The van der Waals surface area contributed by atoms with Crippen molar-refractivity contribution in [2.75, 3.05) is 0 Å². The van der Waals surface area contributed by atoms with Crippen molar-refractivity contribution in [3.63, 3.8) is 0 Å². The molecule has 1 unspecified atom stereocenters. The van der Waals surface area contributed by atoms with Crippen LogP contribution in [0.5, 0.6) is 0 Å². The molecule has 2 heteroatoms. The lowest BCUT2D eigenvalue weighted by Gasteiger charge is -2.09. The van der Waals surface area contributed by atoms with Crippen LogP contribution in [0.1, 0.15) is 55.4 Å². The fourth-order valence-corrected chi connectivity index (χ4v) is 3.73. The first-order valence-electron chi connectivity index (χ1n) is 11.8. The molecule has 0 spiro atoms. The SMILES string of the molecule is CCC(C)c1ccc(-c2ccc(C#N)cc2)cc1.CCc1ccc(-c2ccccc2C#N)cc1. The molecule has 0 N–H and O–H groups in total. The van der Waals surface area contributed by atoms with E-state index in [1.54, 1.807) is 0 Å². The number of hydrogen-bond donors (Lipinski definition) is 0. The highest BCUT2D eigenvalue weighted by Gasteiger charge is 2.04. The van der Waals surface area contributed by atoms with Crippen LogP contribution >= 0.6 is 0 Å². The molecule has 0 aromatic heterocycles. The molecule has 0 saturated carbocycles. The molecule has 0 fully saturated rings. The van der Waals surface area contributed by atoms with Crippen molar-refractivity contribution >= 4 is 0 Å². The Kier molecular flexibility index (Phi) is 8.79. The normalized spacial score (nSPS) is 10.9. The van der Waals surface area contributed by atoms with Gasteiger partial charge >= 0.3 is 0 Å². The van der Waals surface area contributed by atoms with Crippen LogP contribution in [0.25, 0.3) is 22.3 Å². The zero-order valence-electron chi connectivity index (χ0n) is 20.1. The van der Waals surface area contributed by atoms with Crippen LogP contribution in [-0.2, 0) is 6.42 Å². The Morgan fingerprint density at radius 1 is 0.647 bits per heavy atom. The smallest absolute Gasteiger partial charge is 0.0998 e. The van der Waals surface area contributed by atoms with Gasteiger partial charge in [0.1, 0.15) is 0 Å². The zero-order valence-corrected chi connectivity index (χ0v) is 20.1. The monoisotopic (exact) mass is 442 g/mol. The maximum Gasteiger partial charge on any atom is 0.0998 e. The second kappa shape index (κ2) is 12.2. The predicted octanol–water partition coefficient (Wildman–Crippen LogP) is 8.53. The van der Waals surface area contributed by atoms with E-state index in [-0.39, 0.29) is 0 Å². The van der Waals surface area contributed by atoms with Gasteiger partial charge in [-0.05, 0) is 70.3 Å². The van der Waals surface area contributed by atoms with Gasteiger partial charge in [-0.15, -0.1) is 0 Å². The summed E-state index contributed by atoms with van der Waals surface area (Å²) in [6.07, 6.45) is 2.20. The van der Waals surface area contributed by atoms with E-state index in [4.69, 9.17) is 10.5 Å². The summed E-state index contributed by atoms with van der Waals surface area (Å²) in [7, 11) is 0. The highest BCUT2D eigenvalue weighted by Crippen LogP contribution is 2.25. The number of hydrogen-bond acceptors (Lipinski definition) is 2. The van der Waals surface area contributed by atoms with Crippen LogP contribution in [0.15, 0.2) is 97.1 Å². The van der Waals surface area contributed by atoms with Crippen molar-refractivity contribution in [2.45, 2.75) is 39.5 Å². The molecule has 2 nitrogen and oxygen atoms in total. The van der Waals surface area contributed by atoms with Crippen LogP contribution in [0.3, 0.4) is 0 Å². The average Bonchev–Trinajstić information content (AvgIpc) is 2.93. The lowest BCUT2D eigenvalue weighted by molar-refractivity contribution is 0.734. The Hall–Kier alpha value is -4.14. The van der Waals surface area contributed by atoms with Gasteiger partial charge in [-0.25, -0.2) is 0 Å². The Labute approximate surface area is 203 Å². The third kappa shape index (κ3) is 6.22. The Bertz CT molecular complexity index is 1270. The molecule has 0 heterocycles. The van der Waals surface area contributed by atoms with Gasteiger partial charge < -0.3 is 0 Å². The van der Waals surface area contributed by atoms with Gasteiger partial charge in [0.2, 0.25) is 0 Å². The van der Waals surface area contributed by atoms with E-state index < -0.39 is 0 Å². The van der Waals surface area contributed by atoms with Crippen LogP contribution in [0, 0.1) is 22.7 Å². The standard InChI is InChI=1S/C17H17N.C15H13N/c1-3-13(2)15-8-10-17(11-9-15)16-6-4-14(12-18)5-7-16;1-2-12-7-9-13(10-8-12)15-6-4-3-5-14(15)11-16/h4-11,13H,3H2,1-2H3;3-10H,2H2,1H3. The number of aryl methyl sites for hydroxylation is 1. The molecule has 0 amide bonds.